The Bertz CT molecular complexity index is 527. The van der Waals surface area contributed by atoms with Gasteiger partial charge < -0.3 is 20.5 Å². The van der Waals surface area contributed by atoms with Gasteiger partial charge in [0.25, 0.3) is 0 Å². The molecule has 0 saturated carbocycles. The SMILES string of the molecule is CC(C)c1cc(N2CCC3(CC2)OCCC[C@@H]3O)nc(N)n1. The van der Waals surface area contributed by atoms with Crippen LogP contribution in [0.5, 0.6) is 0 Å². The Kier molecular flexibility index (Phi) is 4.23. The van der Waals surface area contributed by atoms with E-state index in [1.165, 1.54) is 0 Å². The number of ether oxygens (including phenoxy) is 1. The van der Waals surface area contributed by atoms with Crippen molar-refractivity contribution in [3.63, 3.8) is 0 Å². The lowest BCUT2D eigenvalue weighted by molar-refractivity contribution is -0.164. The summed E-state index contributed by atoms with van der Waals surface area (Å²) in [7, 11) is 0. The third-order valence-corrected chi connectivity index (χ3v) is 4.89. The van der Waals surface area contributed by atoms with Crippen LogP contribution in [0, 0.1) is 0 Å². The summed E-state index contributed by atoms with van der Waals surface area (Å²) in [5.74, 6) is 1.54. The maximum absolute atomic E-state index is 10.3. The summed E-state index contributed by atoms with van der Waals surface area (Å²) in [4.78, 5) is 10.9. The van der Waals surface area contributed by atoms with Crippen molar-refractivity contribution in [1.82, 2.24) is 9.97 Å². The van der Waals surface area contributed by atoms with Gasteiger partial charge in [0.15, 0.2) is 0 Å². The van der Waals surface area contributed by atoms with E-state index in [1.807, 2.05) is 6.07 Å². The fraction of sp³-hybridized carbons (Fsp3) is 0.750. The molecule has 6 heteroatoms. The first kappa shape index (κ1) is 15.5. The van der Waals surface area contributed by atoms with Crippen molar-refractivity contribution >= 4 is 11.8 Å². The number of rotatable bonds is 2. The molecule has 0 amide bonds. The zero-order chi connectivity index (χ0) is 15.7. The Morgan fingerprint density at radius 2 is 2.09 bits per heavy atom. The third kappa shape index (κ3) is 2.90. The molecular weight excluding hydrogens is 280 g/mol. The van der Waals surface area contributed by atoms with E-state index in [1.54, 1.807) is 0 Å². The monoisotopic (exact) mass is 306 g/mol. The van der Waals surface area contributed by atoms with Crippen molar-refractivity contribution in [3.05, 3.63) is 11.8 Å². The number of hydrogen-bond donors (Lipinski definition) is 2. The highest BCUT2D eigenvalue weighted by Gasteiger charge is 2.43. The minimum Gasteiger partial charge on any atom is -0.390 e. The van der Waals surface area contributed by atoms with Crippen LogP contribution in [0.1, 0.15) is 51.1 Å². The quantitative estimate of drug-likeness (QED) is 0.865. The maximum Gasteiger partial charge on any atom is 0.222 e. The van der Waals surface area contributed by atoms with Gasteiger partial charge in [-0.3, -0.25) is 0 Å². The average Bonchev–Trinajstić information content (AvgIpc) is 2.50. The number of nitrogens with zero attached hydrogens (tertiary/aromatic N) is 3. The first-order valence-electron chi connectivity index (χ1n) is 8.21. The zero-order valence-electron chi connectivity index (χ0n) is 13.5. The predicted molar refractivity (Wildman–Crippen MR) is 85.9 cm³/mol. The zero-order valence-corrected chi connectivity index (χ0v) is 13.5. The van der Waals surface area contributed by atoms with Crippen molar-refractivity contribution < 1.29 is 9.84 Å². The number of nitrogen functional groups attached to an aromatic ring is 1. The second-order valence-corrected chi connectivity index (χ2v) is 6.72. The van der Waals surface area contributed by atoms with Gasteiger partial charge in [0.2, 0.25) is 5.95 Å². The van der Waals surface area contributed by atoms with Crippen LogP contribution in [0.3, 0.4) is 0 Å². The minimum atomic E-state index is -0.353. The number of nitrogens with two attached hydrogens (primary N) is 1. The molecule has 0 aromatic carbocycles. The first-order valence-corrected chi connectivity index (χ1v) is 8.21. The number of piperidine rings is 1. The van der Waals surface area contributed by atoms with Gasteiger partial charge in [-0.25, -0.2) is 4.98 Å². The molecule has 3 rings (SSSR count). The molecule has 1 aromatic heterocycles. The van der Waals surface area contributed by atoms with Crippen LogP contribution in [-0.4, -0.2) is 46.5 Å². The van der Waals surface area contributed by atoms with Crippen molar-refractivity contribution in [2.45, 2.75) is 57.2 Å². The molecule has 2 fully saturated rings. The second kappa shape index (κ2) is 6.01. The molecule has 2 aliphatic heterocycles. The van der Waals surface area contributed by atoms with Gasteiger partial charge in [-0.1, -0.05) is 13.8 Å². The maximum atomic E-state index is 10.3. The lowest BCUT2D eigenvalue weighted by atomic mass is 9.82. The molecule has 1 atom stereocenters. The largest absolute Gasteiger partial charge is 0.390 e. The summed E-state index contributed by atoms with van der Waals surface area (Å²) in [6, 6.07) is 2.02. The molecule has 3 N–H and O–H groups in total. The summed E-state index contributed by atoms with van der Waals surface area (Å²) in [6.45, 7) is 6.61. The molecule has 2 saturated heterocycles. The molecule has 2 aliphatic rings. The van der Waals surface area contributed by atoms with Gasteiger partial charge in [0.1, 0.15) is 5.82 Å². The molecular formula is C16H26N4O2. The van der Waals surface area contributed by atoms with Gasteiger partial charge >= 0.3 is 0 Å². The van der Waals surface area contributed by atoms with E-state index < -0.39 is 0 Å². The minimum absolute atomic E-state index is 0.323. The van der Waals surface area contributed by atoms with Crippen LogP contribution in [0.25, 0.3) is 0 Å². The topological polar surface area (TPSA) is 84.5 Å². The number of aromatic nitrogens is 2. The molecule has 6 nitrogen and oxygen atoms in total. The number of hydrogen-bond acceptors (Lipinski definition) is 6. The molecule has 3 heterocycles. The summed E-state index contributed by atoms with van der Waals surface area (Å²) in [6.07, 6.45) is 3.11. The summed E-state index contributed by atoms with van der Waals surface area (Å²) >= 11 is 0. The van der Waals surface area contributed by atoms with E-state index in [-0.39, 0.29) is 11.7 Å². The Balaban J connectivity index is 1.74. The summed E-state index contributed by atoms with van der Waals surface area (Å²) in [5.41, 5.74) is 6.46. The highest BCUT2D eigenvalue weighted by atomic mass is 16.5. The van der Waals surface area contributed by atoms with E-state index >= 15 is 0 Å². The lowest BCUT2D eigenvalue weighted by Crippen LogP contribution is -2.55. The van der Waals surface area contributed by atoms with E-state index in [4.69, 9.17) is 10.5 Å². The molecule has 0 unspecified atom stereocenters. The lowest BCUT2D eigenvalue weighted by Gasteiger charge is -2.47. The normalized spacial score (nSPS) is 24.9. The van der Waals surface area contributed by atoms with Gasteiger partial charge in [-0.15, -0.1) is 0 Å². The number of anilines is 2. The van der Waals surface area contributed by atoms with E-state index in [0.717, 1.165) is 56.9 Å². The Hall–Kier alpha value is -1.40. The van der Waals surface area contributed by atoms with Crippen LogP contribution >= 0.6 is 0 Å². The summed E-state index contributed by atoms with van der Waals surface area (Å²) in [5, 5.41) is 10.3. The van der Waals surface area contributed by atoms with Crippen LogP contribution in [0.2, 0.25) is 0 Å². The van der Waals surface area contributed by atoms with Gasteiger partial charge in [0.05, 0.1) is 17.4 Å². The van der Waals surface area contributed by atoms with Crippen LogP contribution < -0.4 is 10.6 Å². The van der Waals surface area contributed by atoms with E-state index in [2.05, 4.69) is 28.7 Å². The average molecular weight is 306 g/mol. The Morgan fingerprint density at radius 3 is 2.73 bits per heavy atom. The molecule has 122 valence electrons. The molecule has 1 spiro atoms. The van der Waals surface area contributed by atoms with E-state index in [9.17, 15) is 5.11 Å². The molecule has 0 aliphatic carbocycles. The molecule has 1 aromatic rings. The van der Waals surface area contributed by atoms with Gasteiger partial charge in [-0.05, 0) is 31.6 Å². The Morgan fingerprint density at radius 1 is 1.36 bits per heavy atom. The molecule has 0 bridgehead atoms. The van der Waals surface area contributed by atoms with E-state index in [0.29, 0.717) is 11.9 Å². The van der Waals surface area contributed by atoms with Crippen molar-refractivity contribution in [1.29, 1.82) is 0 Å². The predicted octanol–water partition coefficient (Wildman–Crippen LogP) is 1.69. The van der Waals surface area contributed by atoms with Crippen molar-refractivity contribution in [2.75, 3.05) is 30.3 Å². The number of aliphatic hydroxyl groups is 1. The highest BCUT2D eigenvalue weighted by molar-refractivity contribution is 5.44. The fourth-order valence-electron chi connectivity index (χ4n) is 3.43. The molecule has 22 heavy (non-hydrogen) atoms. The Labute approximate surface area is 131 Å². The first-order chi connectivity index (χ1) is 10.5. The third-order valence-electron chi connectivity index (χ3n) is 4.89. The van der Waals surface area contributed by atoms with Crippen LogP contribution in [0.4, 0.5) is 11.8 Å². The van der Waals surface area contributed by atoms with Crippen molar-refractivity contribution in [3.8, 4) is 0 Å². The number of aliphatic hydroxyl groups excluding tert-OH is 1. The van der Waals surface area contributed by atoms with Gasteiger partial charge in [-0.2, -0.15) is 4.98 Å². The van der Waals surface area contributed by atoms with Crippen molar-refractivity contribution in [2.24, 2.45) is 0 Å². The summed E-state index contributed by atoms with van der Waals surface area (Å²) < 4.78 is 5.95. The molecule has 0 radical (unpaired) electrons. The second-order valence-electron chi connectivity index (χ2n) is 6.72. The van der Waals surface area contributed by atoms with Crippen LogP contribution in [0.15, 0.2) is 6.07 Å². The standard InChI is InChI=1S/C16H26N4O2/c1-11(2)12-10-14(19-15(17)18-12)20-7-5-16(6-8-20)13(21)4-3-9-22-16/h10-11,13,21H,3-9H2,1-2H3,(H2,17,18,19)/t13-/m0/s1. The highest BCUT2D eigenvalue weighted by Crippen LogP contribution is 2.36. The fourth-order valence-corrected chi connectivity index (χ4v) is 3.43. The van der Waals surface area contributed by atoms with Gasteiger partial charge in [0, 0.05) is 25.8 Å². The smallest absolute Gasteiger partial charge is 0.222 e. The van der Waals surface area contributed by atoms with Crippen LogP contribution in [-0.2, 0) is 4.74 Å².